The predicted octanol–water partition coefficient (Wildman–Crippen LogP) is 21.6. The molecule has 4 heterocycles. The molecule has 5 N–H and O–H groups in total. The van der Waals surface area contributed by atoms with E-state index in [9.17, 15) is 26.4 Å². The fraction of sp³-hybridized carbons (Fsp3) is 0.356. The molecule has 0 spiro atoms. The number of aryl methyl sites for hydroxylation is 8. The molecule has 0 amide bonds. The molecule has 4 aromatic heterocycles. The molecule has 0 aliphatic heterocycles. The summed E-state index contributed by atoms with van der Waals surface area (Å²) < 4.78 is 51.2. The van der Waals surface area contributed by atoms with Crippen molar-refractivity contribution in [2.45, 2.75) is 168 Å². The molecule has 3 unspecified atom stereocenters. The Morgan fingerprint density at radius 2 is 0.572 bits per heavy atom. The third-order valence-corrected chi connectivity index (χ3v) is 27.4. The molecule has 3 aliphatic carbocycles. The fourth-order valence-corrected chi connectivity index (χ4v) is 19.8. The molecular weight excluding hydrogens is 1710 g/mol. The van der Waals surface area contributed by atoms with Gasteiger partial charge in [-0.1, -0.05) is 287 Å². The van der Waals surface area contributed by atoms with Crippen LogP contribution in [0.3, 0.4) is 0 Å². The number of ether oxygens (including phenoxy) is 6. The Labute approximate surface area is 812 Å². The first kappa shape index (κ1) is 98.4. The number of hydrogen-bond donors (Lipinski definition) is 5. The lowest BCUT2D eigenvalue weighted by Gasteiger charge is -2.22. The van der Waals surface area contributed by atoms with E-state index in [1.165, 1.54) is 128 Å². The third kappa shape index (κ3) is 23.9. The number of hydrogen-bond acceptors (Lipinski definition) is 12. The van der Waals surface area contributed by atoms with Crippen LogP contribution in [-0.2, 0) is 60.6 Å². The first-order valence-corrected chi connectivity index (χ1v) is 49.2. The molecule has 0 radical (unpaired) electrons. The van der Waals surface area contributed by atoms with Gasteiger partial charge in [0.25, 0.3) is 0 Å². The number of nitrogens with zero attached hydrogens (tertiary/aromatic N) is 9. The minimum Gasteiger partial charge on any atom is -0.394 e. The number of methoxy groups -OCH3 is 3. The van der Waals surface area contributed by atoms with E-state index in [1.54, 1.807) is 21.3 Å². The van der Waals surface area contributed by atoms with Gasteiger partial charge in [0.1, 0.15) is 13.5 Å². The number of benzene rings is 12. The summed E-state index contributed by atoms with van der Waals surface area (Å²) >= 11 is 0. The third-order valence-electron chi connectivity index (χ3n) is 27.4. The Hall–Kier alpha value is -12.6. The van der Waals surface area contributed by atoms with Crippen molar-refractivity contribution in [2.24, 2.45) is 22.7 Å². The van der Waals surface area contributed by atoms with Gasteiger partial charge in [-0.25, -0.2) is 4.99 Å². The second-order valence-electron chi connectivity index (χ2n) is 38.2. The topological polar surface area (TPSA) is 219 Å². The van der Waals surface area contributed by atoms with Crippen LogP contribution in [-0.4, -0.2) is 134 Å². The van der Waals surface area contributed by atoms with Crippen molar-refractivity contribution < 1.29 is 38.6 Å². The van der Waals surface area contributed by atoms with Gasteiger partial charge in [-0.15, -0.1) is 0 Å². The highest BCUT2D eigenvalue weighted by Crippen LogP contribution is 2.48. The van der Waals surface area contributed by atoms with E-state index in [4.69, 9.17) is 33.4 Å². The maximum Gasteiger partial charge on any atom is 0.208 e. The average molecular weight is 1850 g/mol. The summed E-state index contributed by atoms with van der Waals surface area (Å²) in [6.45, 7) is 20.9. The Bertz CT molecular complexity index is 6700. The van der Waals surface area contributed by atoms with Crippen LogP contribution < -0.4 is 22.5 Å². The Morgan fingerprint density at radius 1 is 0.297 bits per heavy atom. The number of imidazole rings is 4. The fourth-order valence-electron chi connectivity index (χ4n) is 19.8. The molecule has 3 fully saturated rings. The summed E-state index contributed by atoms with van der Waals surface area (Å²) in [4.78, 5) is 4.79. The van der Waals surface area contributed by atoms with E-state index in [-0.39, 0.29) is 69.0 Å². The molecule has 12 aromatic carbocycles. The standard InChI is InChI=1S/C31H37N3O2.2C30H35N3O2.C27H31N3O2/c1-22-8-12-24(13-9-22)20-27(21-36-19-18-35-3)33-28-6-4-5-7-29(28)34(31(33)32)30(26-16-17-26)25-14-10-23(2)11-15-25;1-21-8-12-23(13-9-21)18-26(19-35-20-34-3)32-27-6-4-5-7-28(27)33(30(32)31)29(25-16-17-25)24-14-10-22(2)11-15-24;1-21-7-11-23(12-8-21)19-26(20-35-18-17-34)32-27-5-3-4-6-28(27)33(30(32)31)29(25-15-16-25)24-13-9-22(2)10-14-24;1-20-8-12-22(13-9-20)16-24(18-31)30-26-7-5-4-6-25(26)29(27(30)28-19-32-3)17-23-14-10-21(2)11-15-23/h4-15,26-27,30,32H,16-21H2,1-3H3;4-15,25-26,29,31H,16-20H2,1-3H3;3-14,25-26,29,31,34H,15-20H2,1-2H3;4-15,24,31H,16-19H2,1-3H3/t27-,30?;2*26-,29?;24-/m0000/s1. The number of rotatable bonds is 39. The number of nitrogens with one attached hydrogen (secondary N) is 3. The lowest BCUT2D eigenvalue weighted by atomic mass is 10.0. The second kappa shape index (κ2) is 46.7. The largest absolute Gasteiger partial charge is 0.394 e. The number of aliphatic hydroxyl groups is 2. The zero-order valence-corrected chi connectivity index (χ0v) is 82.2. The Kier molecular flexibility index (Phi) is 33.3. The van der Waals surface area contributed by atoms with Crippen molar-refractivity contribution in [1.29, 1.82) is 16.2 Å². The van der Waals surface area contributed by atoms with Gasteiger partial charge in [-0.3, -0.25) is 16.2 Å². The van der Waals surface area contributed by atoms with Crippen LogP contribution in [0.5, 0.6) is 0 Å². The smallest absolute Gasteiger partial charge is 0.208 e. The molecule has 19 rings (SSSR count). The lowest BCUT2D eigenvalue weighted by Crippen LogP contribution is -2.33. The van der Waals surface area contributed by atoms with Gasteiger partial charge in [0.2, 0.25) is 22.5 Å². The zero-order valence-electron chi connectivity index (χ0n) is 82.2. The van der Waals surface area contributed by atoms with Crippen LogP contribution in [0.15, 0.2) is 296 Å². The van der Waals surface area contributed by atoms with Crippen molar-refractivity contribution >= 4 is 44.1 Å². The van der Waals surface area contributed by atoms with Crippen LogP contribution in [0.2, 0.25) is 0 Å². The number of fused-ring (bicyclic) bond motifs is 4. The van der Waals surface area contributed by atoms with Gasteiger partial charge >= 0.3 is 0 Å². The van der Waals surface area contributed by atoms with E-state index in [1.807, 2.05) is 12.1 Å². The number of aromatic nitrogens is 8. The molecule has 3 aliphatic rings. The van der Waals surface area contributed by atoms with Crippen molar-refractivity contribution in [3.63, 3.8) is 0 Å². The molecule has 138 heavy (non-hydrogen) atoms. The van der Waals surface area contributed by atoms with Gasteiger partial charge in [-0.2, -0.15) is 0 Å². The van der Waals surface area contributed by atoms with Crippen molar-refractivity contribution in [2.75, 3.05) is 87.7 Å². The first-order valence-electron chi connectivity index (χ1n) is 49.2. The average Bonchev–Trinajstić information content (AvgIpc) is 1.59. The second-order valence-corrected chi connectivity index (χ2v) is 38.2. The molecule has 3 saturated carbocycles. The van der Waals surface area contributed by atoms with Gasteiger partial charge in [-0.05, 0) is 230 Å². The van der Waals surface area contributed by atoms with Crippen LogP contribution in [0.1, 0.15) is 170 Å². The lowest BCUT2D eigenvalue weighted by molar-refractivity contribution is -0.0416. The molecule has 20 nitrogen and oxygen atoms in total. The zero-order chi connectivity index (χ0) is 96.3. The molecule has 7 atom stereocenters. The molecule has 0 bridgehead atoms. The summed E-state index contributed by atoms with van der Waals surface area (Å²) in [6, 6.07) is 103. The van der Waals surface area contributed by atoms with Crippen molar-refractivity contribution in [3.05, 3.63) is 403 Å². The SMILES string of the molecule is COCCOC[C@H](Cc1ccc(C)cc1)n1c(=N)n(C(c2ccc(C)cc2)C2CC2)c2ccccc21.COCN=c1n(Cc2ccc(C)cc2)c2ccccc2n1[C@H](CO)Cc1ccc(C)cc1.COCOC[C@H](Cc1ccc(C)cc1)n1c(=N)n(C(c2ccc(C)cc2)C2CC2)c2ccccc21.Cc1ccc(C[C@@H](COCCO)n2c(=N)n(C(c3ccc(C)cc3)C3CC3)c3ccccc32)cc1. The molecule has 0 saturated heterocycles. The van der Waals surface area contributed by atoms with E-state index < -0.39 is 0 Å². The Morgan fingerprint density at radius 3 is 0.862 bits per heavy atom. The maximum atomic E-state index is 10.4. The van der Waals surface area contributed by atoms with Crippen LogP contribution >= 0.6 is 0 Å². The summed E-state index contributed by atoms with van der Waals surface area (Å²) in [5, 5.41) is 48.2. The minimum atomic E-state index is -0.141. The van der Waals surface area contributed by atoms with Crippen LogP contribution in [0.25, 0.3) is 44.1 Å². The predicted molar refractivity (Wildman–Crippen MR) is 552 cm³/mol. The highest BCUT2D eigenvalue weighted by atomic mass is 16.7. The molecule has 718 valence electrons. The van der Waals surface area contributed by atoms with Crippen molar-refractivity contribution in [1.82, 2.24) is 36.5 Å². The van der Waals surface area contributed by atoms with E-state index in [0.717, 1.165) is 75.4 Å². The molecule has 20 heteroatoms. The highest BCUT2D eigenvalue weighted by Gasteiger charge is 2.40. The summed E-state index contributed by atoms with van der Waals surface area (Å²) in [5.74, 6) is 1.67. The molecule has 16 aromatic rings. The molecular formula is C118H138N12O8. The van der Waals surface area contributed by atoms with E-state index >= 15 is 0 Å². The van der Waals surface area contributed by atoms with E-state index in [2.05, 4.69) is 371 Å². The summed E-state index contributed by atoms with van der Waals surface area (Å²) in [7, 11) is 4.99. The van der Waals surface area contributed by atoms with Crippen LogP contribution in [0, 0.1) is 89.4 Å². The minimum absolute atomic E-state index is 0.00100. The van der Waals surface area contributed by atoms with Gasteiger partial charge in [0.05, 0.1) is 146 Å². The quantitative estimate of drug-likeness (QED) is 0.0184. The Balaban J connectivity index is 0.000000133. The first-order chi connectivity index (χ1) is 67.3. The maximum absolute atomic E-state index is 10.4. The van der Waals surface area contributed by atoms with Crippen LogP contribution in [0.4, 0.5) is 0 Å². The van der Waals surface area contributed by atoms with Crippen molar-refractivity contribution in [3.8, 4) is 0 Å². The number of para-hydroxylation sites is 8. The monoisotopic (exact) mass is 1850 g/mol. The van der Waals surface area contributed by atoms with Gasteiger partial charge in [0.15, 0.2) is 0 Å². The number of aliphatic hydroxyl groups excluding tert-OH is 2. The summed E-state index contributed by atoms with van der Waals surface area (Å²) in [5.41, 5.74) is 31.0. The summed E-state index contributed by atoms with van der Waals surface area (Å²) in [6.07, 6.45) is 10.3. The highest BCUT2D eigenvalue weighted by molar-refractivity contribution is 5.79. The van der Waals surface area contributed by atoms with Gasteiger partial charge in [0, 0.05) is 21.3 Å². The van der Waals surface area contributed by atoms with Gasteiger partial charge < -0.3 is 75.2 Å². The normalized spacial score (nSPS) is 14.8. The van der Waals surface area contributed by atoms with E-state index in [0.29, 0.717) is 80.8 Å².